The lowest BCUT2D eigenvalue weighted by molar-refractivity contribution is -0.297. The smallest absolute Gasteiger partial charge is 0.341 e. The van der Waals surface area contributed by atoms with Gasteiger partial charge in [0.1, 0.15) is 10.6 Å². The highest BCUT2D eigenvalue weighted by Crippen LogP contribution is 2.38. The summed E-state index contributed by atoms with van der Waals surface area (Å²) in [6.07, 6.45) is 1.39. The van der Waals surface area contributed by atoms with Crippen LogP contribution in [-0.4, -0.2) is 25.0 Å². The summed E-state index contributed by atoms with van der Waals surface area (Å²) in [5.74, 6) is -2.86. The highest BCUT2D eigenvalue weighted by molar-refractivity contribution is 7.15. The first kappa shape index (κ1) is 17.7. The van der Waals surface area contributed by atoms with Crippen LogP contribution in [0.1, 0.15) is 10.4 Å². The van der Waals surface area contributed by atoms with E-state index < -0.39 is 17.8 Å². The average Bonchev–Trinajstić information content (AvgIpc) is 2.96. The van der Waals surface area contributed by atoms with E-state index >= 15 is 0 Å². The Morgan fingerprint density at radius 3 is 2.54 bits per heavy atom. The third-order valence-electron chi connectivity index (χ3n) is 2.95. The van der Waals surface area contributed by atoms with Crippen LogP contribution in [-0.2, 0) is 14.3 Å². The summed E-state index contributed by atoms with van der Waals surface area (Å²) in [4.78, 5) is 34.2. The molecule has 0 bridgehead atoms. The van der Waals surface area contributed by atoms with Crippen LogP contribution in [0.25, 0.3) is 11.1 Å². The number of hydrogen-bond donors (Lipinski definition) is 1. The lowest BCUT2D eigenvalue weighted by atomic mass is 10.0. The number of esters is 1. The fraction of sp³-hybridized carbons (Fsp3) is 0.0625. The number of aliphatic carboxylic acids is 1. The number of carboxylic acids is 1. The molecule has 124 valence electrons. The molecule has 8 heteroatoms. The van der Waals surface area contributed by atoms with Crippen LogP contribution in [0.4, 0.5) is 5.00 Å². The molecular weight excluding hydrogens is 354 g/mol. The fourth-order valence-corrected chi connectivity index (χ4v) is 3.12. The van der Waals surface area contributed by atoms with Gasteiger partial charge in [0.15, 0.2) is 0 Å². The Kier molecular flexibility index (Phi) is 5.73. The number of amides is 1. The lowest BCUT2D eigenvalue weighted by Gasteiger charge is -2.07. The van der Waals surface area contributed by atoms with E-state index in [-0.39, 0.29) is 10.6 Å². The van der Waals surface area contributed by atoms with Gasteiger partial charge in [-0.15, -0.1) is 11.3 Å². The zero-order chi connectivity index (χ0) is 17.7. The average molecular weight is 365 g/mol. The number of carboxylic acid groups (broad SMARTS) is 1. The Labute approximate surface area is 146 Å². The van der Waals surface area contributed by atoms with E-state index in [9.17, 15) is 19.5 Å². The normalized spacial score (nSPS) is 10.6. The molecule has 0 unspecified atom stereocenters. The van der Waals surface area contributed by atoms with Crippen LogP contribution in [0.15, 0.2) is 41.8 Å². The van der Waals surface area contributed by atoms with Crippen LogP contribution in [0, 0.1) is 0 Å². The van der Waals surface area contributed by atoms with Gasteiger partial charge in [-0.2, -0.15) is 0 Å². The minimum absolute atomic E-state index is 0.144. The molecule has 1 N–H and O–H groups in total. The predicted molar refractivity (Wildman–Crippen MR) is 88.9 cm³/mol. The first-order chi connectivity index (χ1) is 11.4. The second-order valence-corrected chi connectivity index (χ2v) is 5.75. The minimum Gasteiger partial charge on any atom is -0.545 e. The molecule has 0 saturated carbocycles. The van der Waals surface area contributed by atoms with Crippen LogP contribution in [0.2, 0.25) is 5.02 Å². The number of carbonyl (C=O) groups excluding carboxylic acids is 3. The highest BCUT2D eigenvalue weighted by Gasteiger charge is 2.22. The van der Waals surface area contributed by atoms with Crippen LogP contribution < -0.4 is 10.4 Å². The number of anilines is 1. The van der Waals surface area contributed by atoms with Gasteiger partial charge in [0.2, 0.25) is 5.91 Å². The molecule has 1 aromatic carbocycles. The minimum atomic E-state index is -1.50. The molecule has 0 fully saturated rings. The second kappa shape index (κ2) is 7.76. The molecular formula is C16H11ClNO5S-. The Morgan fingerprint density at radius 1 is 1.21 bits per heavy atom. The van der Waals surface area contributed by atoms with Crippen molar-refractivity contribution in [1.82, 2.24) is 0 Å². The summed E-state index contributed by atoms with van der Waals surface area (Å²) >= 11 is 7.26. The van der Waals surface area contributed by atoms with Crippen molar-refractivity contribution in [1.29, 1.82) is 0 Å². The summed E-state index contributed by atoms with van der Waals surface area (Å²) < 4.78 is 4.77. The van der Waals surface area contributed by atoms with Crippen LogP contribution in [0.5, 0.6) is 0 Å². The molecule has 0 aliphatic carbocycles. The van der Waals surface area contributed by atoms with Crippen molar-refractivity contribution in [3.05, 3.63) is 52.4 Å². The Bertz CT molecular complexity index is 828. The molecule has 0 spiro atoms. The van der Waals surface area contributed by atoms with Crippen LogP contribution in [0.3, 0.4) is 0 Å². The number of nitrogens with one attached hydrogen (secondary N) is 1. The maximum atomic E-state index is 12.1. The molecule has 0 atom stereocenters. The summed E-state index contributed by atoms with van der Waals surface area (Å²) in [7, 11) is 1.22. The molecule has 0 radical (unpaired) electrons. The Balaban J connectivity index is 2.44. The molecule has 0 saturated heterocycles. The van der Waals surface area contributed by atoms with Gasteiger partial charge in [-0.05, 0) is 12.1 Å². The van der Waals surface area contributed by atoms with Gasteiger partial charge in [0, 0.05) is 27.6 Å². The number of carbonyl (C=O) groups is 3. The Morgan fingerprint density at radius 2 is 1.92 bits per heavy atom. The Hall–Kier alpha value is -2.64. The predicted octanol–water partition coefficient (Wildman–Crippen LogP) is 2.10. The molecule has 1 amide bonds. The largest absolute Gasteiger partial charge is 0.545 e. The summed E-state index contributed by atoms with van der Waals surface area (Å²) in [6.45, 7) is 0. The molecule has 0 aliphatic heterocycles. The van der Waals surface area contributed by atoms with E-state index in [1.165, 1.54) is 7.11 Å². The first-order valence-electron chi connectivity index (χ1n) is 6.58. The van der Waals surface area contributed by atoms with Crippen LogP contribution >= 0.6 is 22.9 Å². The van der Waals surface area contributed by atoms with E-state index in [1.54, 1.807) is 29.6 Å². The zero-order valence-corrected chi connectivity index (χ0v) is 13.9. The molecule has 1 heterocycles. The van der Waals surface area contributed by atoms with E-state index in [4.69, 9.17) is 16.3 Å². The number of hydrogen-bond acceptors (Lipinski definition) is 6. The highest BCUT2D eigenvalue weighted by atomic mass is 35.5. The molecule has 0 aliphatic rings. The van der Waals surface area contributed by atoms with Crippen molar-refractivity contribution in [2.24, 2.45) is 0 Å². The molecule has 2 aromatic rings. The summed E-state index contributed by atoms with van der Waals surface area (Å²) in [5, 5.41) is 15.1. The van der Waals surface area contributed by atoms with E-state index in [0.29, 0.717) is 22.2 Å². The van der Waals surface area contributed by atoms with E-state index in [1.807, 2.05) is 0 Å². The maximum absolute atomic E-state index is 12.1. The standard InChI is InChI=1S/C16H12ClNO5S/c1-23-16(22)14-10(9-4-2-3-5-11(9)17)8-24-15(14)18-12(19)6-7-13(20)21/h2-8H,1H3,(H,18,19)(H,20,21)/p-1. The van der Waals surface area contributed by atoms with Crippen molar-refractivity contribution < 1.29 is 24.2 Å². The number of thiophene rings is 1. The van der Waals surface area contributed by atoms with Crippen molar-refractivity contribution in [3.8, 4) is 11.1 Å². The van der Waals surface area contributed by atoms with Crippen molar-refractivity contribution in [2.45, 2.75) is 0 Å². The first-order valence-corrected chi connectivity index (χ1v) is 7.84. The fourth-order valence-electron chi connectivity index (χ4n) is 1.93. The SMILES string of the molecule is COC(=O)c1c(-c2ccccc2Cl)csc1NC(=O)C=CC(=O)[O-]. The third kappa shape index (κ3) is 4.01. The maximum Gasteiger partial charge on any atom is 0.341 e. The van der Waals surface area contributed by atoms with E-state index in [0.717, 1.165) is 17.4 Å². The van der Waals surface area contributed by atoms with Gasteiger partial charge in [-0.25, -0.2) is 4.79 Å². The van der Waals surface area contributed by atoms with Crippen molar-refractivity contribution in [3.63, 3.8) is 0 Å². The molecule has 1 aromatic heterocycles. The van der Waals surface area contributed by atoms with Gasteiger partial charge in [0.05, 0.1) is 13.1 Å². The summed E-state index contributed by atoms with van der Waals surface area (Å²) in [6, 6.07) is 6.93. The van der Waals surface area contributed by atoms with E-state index in [2.05, 4.69) is 5.32 Å². The quantitative estimate of drug-likeness (QED) is 0.647. The number of rotatable bonds is 5. The topological polar surface area (TPSA) is 95.5 Å². The molecule has 24 heavy (non-hydrogen) atoms. The van der Waals surface area contributed by atoms with Gasteiger partial charge in [-0.3, -0.25) is 4.79 Å². The number of ether oxygens (including phenoxy) is 1. The van der Waals surface area contributed by atoms with Crippen molar-refractivity contribution >= 4 is 45.8 Å². The summed E-state index contributed by atoms with van der Waals surface area (Å²) in [5.41, 5.74) is 1.27. The van der Waals surface area contributed by atoms with Gasteiger partial charge in [0.25, 0.3) is 0 Å². The lowest BCUT2D eigenvalue weighted by Crippen LogP contribution is -2.20. The second-order valence-electron chi connectivity index (χ2n) is 4.47. The number of benzene rings is 1. The number of halogens is 1. The zero-order valence-electron chi connectivity index (χ0n) is 12.4. The van der Waals surface area contributed by atoms with Gasteiger partial charge < -0.3 is 20.0 Å². The van der Waals surface area contributed by atoms with Gasteiger partial charge >= 0.3 is 5.97 Å². The number of methoxy groups -OCH3 is 1. The van der Waals surface area contributed by atoms with Crippen molar-refractivity contribution in [2.75, 3.05) is 12.4 Å². The monoisotopic (exact) mass is 364 g/mol. The van der Waals surface area contributed by atoms with Gasteiger partial charge in [-0.1, -0.05) is 29.8 Å². The molecule has 2 rings (SSSR count). The molecule has 6 nitrogen and oxygen atoms in total. The third-order valence-corrected chi connectivity index (χ3v) is 4.18.